The number of ether oxygens (including phenoxy) is 24. The number of unbranched alkanes of at least 4 members (excludes halogenated alkanes) is 1. The lowest BCUT2D eigenvalue weighted by Crippen LogP contribution is -2.52. The summed E-state index contributed by atoms with van der Waals surface area (Å²) in [4.78, 5) is 172. The first-order valence-corrected chi connectivity index (χ1v) is 49.8. The molecule has 32 unspecified atom stereocenters. The van der Waals surface area contributed by atoms with Gasteiger partial charge < -0.3 is 114 Å². The van der Waals surface area contributed by atoms with Crippen LogP contribution in [0.25, 0.3) is 0 Å². The van der Waals surface area contributed by atoms with E-state index >= 15 is 0 Å². The quantitative estimate of drug-likeness (QED) is 0.0399. The maximum absolute atomic E-state index is 13.6. The molecule has 812 valence electrons. The predicted octanol–water partition coefficient (Wildman–Crippen LogP) is 11.6. The molecule has 0 amide bonds. The van der Waals surface area contributed by atoms with Crippen molar-refractivity contribution < 1.29 is 220 Å². The van der Waals surface area contributed by atoms with Crippen LogP contribution in [0.5, 0.6) is 0 Å². The molecule has 0 N–H and O–H groups in total. The molecule has 17 fully saturated rings. The third-order valence-electron chi connectivity index (χ3n) is 31.5. The van der Waals surface area contributed by atoms with E-state index in [0.29, 0.717) is 43.6 Å². The van der Waals surface area contributed by atoms with Crippen LogP contribution in [-0.2, 0) is 181 Å². The van der Waals surface area contributed by atoms with E-state index < -0.39 is 296 Å². The Morgan fingerprint density at radius 3 is 1.16 bits per heavy atom. The number of hydrogen-bond donors (Lipinski definition) is 0. The summed E-state index contributed by atoms with van der Waals surface area (Å²) in [6.45, 7) is 32.3. The molecule has 0 aromatic rings. The van der Waals surface area contributed by atoms with Gasteiger partial charge in [-0.25, -0.2) is 24.0 Å². The third kappa shape index (κ3) is 23.3. The number of carbonyl (C=O) groups is 14. The number of carbonyl (C=O) groups excluding carboxylic acids is 14. The number of halogens is 9. The molecule has 13 saturated heterocycles. The molecular weight excluding hydrogens is 1940 g/mol. The van der Waals surface area contributed by atoms with Gasteiger partial charge in [-0.05, 0) is 166 Å². The van der Waals surface area contributed by atoms with Crippen molar-refractivity contribution in [2.75, 3.05) is 33.0 Å². The van der Waals surface area contributed by atoms with Crippen LogP contribution >= 0.6 is 0 Å². The van der Waals surface area contributed by atoms with E-state index in [2.05, 4.69) is 13.8 Å². The second-order valence-corrected chi connectivity index (χ2v) is 43.0. The molecule has 17 rings (SSSR count). The van der Waals surface area contributed by atoms with E-state index in [1.54, 1.807) is 55.4 Å². The van der Waals surface area contributed by atoms with Crippen molar-refractivity contribution in [3.8, 4) is 0 Å². The average Bonchev–Trinajstić information content (AvgIpc) is 1.56. The highest BCUT2D eigenvalue weighted by Gasteiger charge is 2.75. The number of hydrogen-bond acceptors (Lipinski definition) is 38. The topological polar surface area (TPSA) is 461 Å². The number of alkyl halides is 9. The van der Waals surface area contributed by atoms with Gasteiger partial charge in [-0.1, -0.05) is 67.7 Å². The van der Waals surface area contributed by atoms with Crippen LogP contribution in [0.2, 0.25) is 0 Å². The minimum atomic E-state index is -4.58. The molecule has 4 aliphatic carbocycles. The summed E-state index contributed by atoms with van der Waals surface area (Å²) in [7, 11) is 0. The second-order valence-electron chi connectivity index (χ2n) is 43.0. The lowest BCUT2D eigenvalue weighted by Gasteiger charge is -2.42. The Morgan fingerprint density at radius 1 is 0.410 bits per heavy atom. The monoisotopic (exact) mass is 2080 g/mol. The zero-order chi connectivity index (χ0) is 106. The molecule has 0 aromatic heterocycles. The number of cyclic esters (lactones) is 3. The maximum Gasteiger partial charge on any atom is 0.414 e. The highest BCUT2D eigenvalue weighted by atomic mass is 19.4. The normalized spacial score (nSPS) is 37.0. The largest absolute Gasteiger partial charge is 0.465 e. The van der Waals surface area contributed by atoms with Crippen LogP contribution < -0.4 is 0 Å². The SMILES string of the molecule is CCC(C)(C)C(=O)OC1C(=O)OC2C3OC4(CCC(C(F)(F)F)CC4C(=O)OC4CCOC4=O)OC3OC12.CCC(C)(C)C(=O)OC1C(=O)OC2C3OC4(CCC(C(F)(F)F)CC4C(=O)OC4CCOC4=O)OC3OC12.CCC(C)(C)C(=O)OC1C(=O)OC2C3OC4(COC(=O)C4CCOC(C)C(F)(F)F)OC3OC12.CCC(C)(C)C(=O)OC1C2CC3C(=O)OC1C3C2.CCCCC(CC)COC(=O)C(C)(C)CC. The Labute approximate surface area is 825 Å². The molecule has 47 heteroatoms. The van der Waals surface area contributed by atoms with Crippen molar-refractivity contribution in [2.24, 2.45) is 80.3 Å². The van der Waals surface area contributed by atoms with Crippen LogP contribution in [0.4, 0.5) is 39.5 Å². The molecule has 17 aliphatic rings. The van der Waals surface area contributed by atoms with Gasteiger partial charge in [0.05, 0.1) is 64.6 Å². The fourth-order valence-corrected chi connectivity index (χ4v) is 19.8. The molecular formula is C97H133F9O38. The minimum absolute atomic E-state index is 0.0262. The predicted molar refractivity (Wildman–Crippen MR) is 461 cm³/mol. The second kappa shape index (κ2) is 43.3. The summed E-state index contributed by atoms with van der Waals surface area (Å²) >= 11 is 0. The van der Waals surface area contributed by atoms with E-state index in [-0.39, 0.29) is 93.4 Å². The summed E-state index contributed by atoms with van der Waals surface area (Å²) < 4.78 is 251. The van der Waals surface area contributed by atoms with E-state index in [0.717, 1.165) is 39.0 Å². The van der Waals surface area contributed by atoms with Gasteiger partial charge in [0.1, 0.15) is 54.9 Å². The third-order valence-corrected chi connectivity index (χ3v) is 31.5. The van der Waals surface area contributed by atoms with Gasteiger partial charge in [0.25, 0.3) is 0 Å². The number of rotatable bonds is 28. The highest BCUT2D eigenvalue weighted by Crippen LogP contribution is 2.60. The van der Waals surface area contributed by atoms with Crippen molar-refractivity contribution in [3.05, 3.63) is 0 Å². The molecule has 32 atom stereocenters. The van der Waals surface area contributed by atoms with Gasteiger partial charge in [-0.3, -0.25) is 43.2 Å². The van der Waals surface area contributed by atoms with Crippen molar-refractivity contribution >= 4 is 83.6 Å². The molecule has 4 saturated carbocycles. The van der Waals surface area contributed by atoms with Crippen molar-refractivity contribution in [1.82, 2.24) is 0 Å². The van der Waals surface area contributed by atoms with E-state index in [1.807, 2.05) is 48.5 Å². The summed E-state index contributed by atoms with van der Waals surface area (Å²) in [5.74, 6) is -20.9. The molecule has 2 bridgehead atoms. The first kappa shape index (κ1) is 113. The Morgan fingerprint density at radius 2 is 0.792 bits per heavy atom. The summed E-state index contributed by atoms with van der Waals surface area (Å²) in [5.41, 5.74) is -3.32. The summed E-state index contributed by atoms with van der Waals surface area (Å²) in [6, 6.07) is 0. The van der Waals surface area contributed by atoms with Crippen molar-refractivity contribution in [1.29, 1.82) is 0 Å². The Balaban J connectivity index is 0.000000157. The molecule has 0 radical (unpaired) electrons. The standard InChI is InChI=1S/2C24H29F3O11.C21H27F3O10.C14H20O4.C14H28O2/c2*1-4-22(2,3)21(31)36-15-13-14(34-19(15)30)16-20(35-13)38-23(37-16)7-5-10(24(25,26)27)9-11(23)17(28)33-12-6-8-32-18(12)29;1-5-19(3,4)18(27)32-13-11-12(30-16(13)26)14-17(31-11)34-20(33-14)8-29-15(25)10(20)6-7-28-9(2)21(22,23)24;1-4-14(2,3)13(16)18-10-7-5-8-9(6-7)12(15)17-11(8)10;1-6-9-10-12(7-2)11-16-13(15)14(4,5)8-3/h2*10-16,20H,4-9H2,1-3H3;9-14,17H,5-8H2,1-4H3;7-11H,4-6H2,1-3H3;12H,6-11H2,1-5H3. The average molecular weight is 2080 g/mol. The van der Waals surface area contributed by atoms with E-state index in [9.17, 15) is 107 Å². The van der Waals surface area contributed by atoms with E-state index in [1.165, 1.54) is 19.3 Å². The fraction of sp³-hybridized carbons (Fsp3) is 0.856. The Bertz CT molecular complexity index is 4570. The first-order valence-electron chi connectivity index (χ1n) is 49.8. The van der Waals surface area contributed by atoms with Gasteiger partial charge in [-0.2, -0.15) is 39.5 Å². The molecule has 3 spiro atoms. The maximum atomic E-state index is 13.6. The van der Waals surface area contributed by atoms with Crippen LogP contribution in [0, 0.1) is 80.3 Å². The first-order chi connectivity index (χ1) is 67.2. The smallest absolute Gasteiger partial charge is 0.414 e. The highest BCUT2D eigenvalue weighted by molar-refractivity contribution is 5.88. The lowest BCUT2D eigenvalue weighted by molar-refractivity contribution is -0.289. The molecule has 38 nitrogen and oxygen atoms in total. The molecule has 13 heterocycles. The number of fused-ring (bicyclic) bond motifs is 10. The fourth-order valence-electron chi connectivity index (χ4n) is 19.8. The summed E-state index contributed by atoms with van der Waals surface area (Å²) in [5, 5.41) is 0. The van der Waals surface area contributed by atoms with Gasteiger partial charge in [0, 0.05) is 44.1 Å². The minimum Gasteiger partial charge on any atom is -0.465 e. The van der Waals surface area contributed by atoms with Gasteiger partial charge in [0.15, 0.2) is 73.2 Å². The lowest BCUT2D eigenvalue weighted by atomic mass is 9.76. The van der Waals surface area contributed by atoms with E-state index in [4.69, 9.17) is 114 Å². The van der Waals surface area contributed by atoms with Crippen LogP contribution in [0.1, 0.15) is 253 Å². The van der Waals surface area contributed by atoms with Gasteiger partial charge >= 0.3 is 102 Å². The van der Waals surface area contributed by atoms with Crippen molar-refractivity contribution in [2.45, 2.75) is 412 Å². The van der Waals surface area contributed by atoms with Gasteiger partial charge in [0.2, 0.25) is 36.3 Å². The van der Waals surface area contributed by atoms with Gasteiger partial charge in [-0.15, -0.1) is 0 Å². The summed E-state index contributed by atoms with van der Waals surface area (Å²) in [6.07, 6.45) is -28.6. The molecule has 0 aromatic carbocycles. The van der Waals surface area contributed by atoms with Crippen LogP contribution in [0.15, 0.2) is 0 Å². The number of esters is 14. The molecule has 144 heavy (non-hydrogen) atoms. The molecule has 13 aliphatic heterocycles. The van der Waals surface area contributed by atoms with Crippen LogP contribution in [0.3, 0.4) is 0 Å². The zero-order valence-electron chi connectivity index (χ0n) is 83.8. The Kier molecular flexibility index (Phi) is 33.9. The Hall–Kier alpha value is -8.45. The zero-order valence-corrected chi connectivity index (χ0v) is 83.8. The van der Waals surface area contributed by atoms with Crippen molar-refractivity contribution in [3.63, 3.8) is 0 Å². The van der Waals surface area contributed by atoms with Crippen LogP contribution in [-0.4, -0.2) is 275 Å².